The summed E-state index contributed by atoms with van der Waals surface area (Å²) < 4.78 is 10.3. The van der Waals surface area contributed by atoms with Gasteiger partial charge in [-0.05, 0) is 52.4 Å². The summed E-state index contributed by atoms with van der Waals surface area (Å²) in [6.45, 7) is 6.84. The standard InChI is InChI=1S/C41H31N2O.C14H16GeN.Ir/c1-41(2,3)29-25-33(27-15-6-4-7-16-27)38(34(26-29)28-17-8-5-9-18-28)43-36-23-12-11-22-35(36)42-40(43)32-21-14-20-31-30-19-10-13-24-37(30)44-39(31)32;1-15(2,3)13-9-10-14(16-11-13)12-7-5-4-6-8-12;/h4-20,22-26H,1-3H3;4-7,9-11H,1-3H3;/q2*-1;. The average Bonchev–Trinajstić information content (AvgIpc) is 3.85. The van der Waals surface area contributed by atoms with Gasteiger partial charge in [-0.3, -0.25) is 4.98 Å². The van der Waals surface area contributed by atoms with Gasteiger partial charge in [0.15, 0.2) is 0 Å². The van der Waals surface area contributed by atoms with Crippen LogP contribution in [0.1, 0.15) is 26.3 Å². The second-order valence-corrected chi connectivity index (χ2v) is 28.0. The van der Waals surface area contributed by atoms with Gasteiger partial charge in [0.05, 0.1) is 28.1 Å². The van der Waals surface area contributed by atoms with Crippen molar-refractivity contribution in [3.63, 3.8) is 0 Å². The number of para-hydroxylation sites is 3. The second-order valence-electron chi connectivity index (χ2n) is 17.3. The van der Waals surface area contributed by atoms with Gasteiger partial charge < -0.3 is 8.98 Å². The third-order valence-corrected chi connectivity index (χ3v) is 15.4. The summed E-state index contributed by atoms with van der Waals surface area (Å²) in [7, 11) is 0. The van der Waals surface area contributed by atoms with Crippen LogP contribution in [0.2, 0.25) is 17.3 Å². The average molecular weight is 1030 g/mol. The van der Waals surface area contributed by atoms with E-state index in [9.17, 15) is 0 Å². The van der Waals surface area contributed by atoms with Gasteiger partial charge in [0.2, 0.25) is 0 Å². The van der Waals surface area contributed by atoms with Crippen LogP contribution in [-0.2, 0) is 25.5 Å². The van der Waals surface area contributed by atoms with Gasteiger partial charge in [-0.15, -0.1) is 18.2 Å². The minimum Gasteiger partial charge on any atom is 0 e. The predicted octanol–water partition coefficient (Wildman–Crippen LogP) is 14.1. The molecule has 3 heterocycles. The van der Waals surface area contributed by atoms with E-state index >= 15 is 0 Å². The van der Waals surface area contributed by atoms with Crippen molar-refractivity contribution in [1.82, 2.24) is 14.5 Å². The maximum atomic E-state index is 6.53. The van der Waals surface area contributed by atoms with Crippen LogP contribution in [-0.4, -0.2) is 27.8 Å². The van der Waals surface area contributed by atoms with Gasteiger partial charge in [-0.1, -0.05) is 123 Å². The first-order valence-electron chi connectivity index (χ1n) is 20.6. The Morgan fingerprint density at radius 3 is 1.89 bits per heavy atom. The van der Waals surface area contributed by atoms with Crippen LogP contribution >= 0.6 is 0 Å². The molecule has 0 aliphatic heterocycles. The van der Waals surface area contributed by atoms with E-state index in [0.29, 0.717) is 0 Å². The Balaban J connectivity index is 0.000000255. The van der Waals surface area contributed by atoms with Gasteiger partial charge in [-0.2, -0.15) is 0 Å². The van der Waals surface area contributed by atoms with Crippen molar-refractivity contribution < 1.29 is 24.5 Å². The number of hydrogen-bond donors (Lipinski definition) is 0. The van der Waals surface area contributed by atoms with Crippen molar-refractivity contribution >= 4 is 50.6 Å². The van der Waals surface area contributed by atoms with E-state index in [0.717, 1.165) is 83.6 Å². The summed E-state index contributed by atoms with van der Waals surface area (Å²) in [5.41, 5.74) is 13.4. The fraction of sp³-hybridized carbons (Fsp3) is 0.127. The molecule has 303 valence electrons. The molecule has 0 aliphatic rings. The Bertz CT molecular complexity index is 3030. The molecule has 61 heavy (non-hydrogen) atoms. The van der Waals surface area contributed by atoms with Crippen LogP contribution in [0.25, 0.3) is 83.6 Å². The molecular formula is C55H47GeIrN3O-2. The van der Waals surface area contributed by atoms with E-state index < -0.39 is 13.3 Å². The molecule has 0 fully saturated rings. The third-order valence-electron chi connectivity index (χ3n) is 11.1. The van der Waals surface area contributed by atoms with Crippen molar-refractivity contribution in [1.29, 1.82) is 0 Å². The largest absolute Gasteiger partial charge is 0 e. The zero-order valence-electron chi connectivity index (χ0n) is 35.3. The number of hydrogen-bond acceptors (Lipinski definition) is 3. The number of furan rings is 1. The number of fused-ring (bicyclic) bond motifs is 4. The van der Waals surface area contributed by atoms with Crippen molar-refractivity contribution in [2.75, 3.05) is 0 Å². The van der Waals surface area contributed by atoms with Crippen LogP contribution in [0.5, 0.6) is 0 Å². The van der Waals surface area contributed by atoms with Crippen LogP contribution in [0, 0.1) is 12.1 Å². The number of aromatic nitrogens is 3. The topological polar surface area (TPSA) is 43.9 Å². The predicted molar refractivity (Wildman–Crippen MR) is 254 cm³/mol. The van der Waals surface area contributed by atoms with E-state index in [-0.39, 0.29) is 25.5 Å². The molecule has 10 rings (SSSR count). The molecule has 0 bridgehead atoms. The maximum Gasteiger partial charge on any atom is 0 e. The molecule has 0 saturated carbocycles. The molecule has 4 nitrogen and oxygen atoms in total. The summed E-state index contributed by atoms with van der Waals surface area (Å²) in [6.07, 6.45) is 2.04. The van der Waals surface area contributed by atoms with Gasteiger partial charge in [-0.25, -0.2) is 0 Å². The molecule has 0 N–H and O–H groups in total. The summed E-state index contributed by atoms with van der Waals surface area (Å²) in [5.74, 6) is 7.94. The van der Waals surface area contributed by atoms with Crippen molar-refractivity contribution in [3.8, 4) is 50.6 Å². The Hall–Kier alpha value is -5.85. The van der Waals surface area contributed by atoms with E-state index in [4.69, 9.17) is 9.40 Å². The molecule has 10 aromatic rings. The van der Waals surface area contributed by atoms with Crippen LogP contribution < -0.4 is 4.40 Å². The third kappa shape index (κ3) is 8.43. The van der Waals surface area contributed by atoms with Crippen LogP contribution in [0.4, 0.5) is 0 Å². The zero-order valence-corrected chi connectivity index (χ0v) is 39.8. The van der Waals surface area contributed by atoms with E-state index in [1.165, 1.54) is 9.96 Å². The molecule has 0 spiro atoms. The number of imidazole rings is 1. The summed E-state index contributed by atoms with van der Waals surface area (Å²) in [6, 6.07) is 65.8. The SMILES string of the molecule is CC(C)(C)c1cc(-c2ccccc2)c(-n2c(-c3[c-]ccc4c3oc3ccccc34)nc3ccccc32)c(-c2ccccc2)c1.[CH3][Ge]([CH3])([CH3])[c]1ccc(-c2[c-]cccc2)nc1.[Ir]. The Morgan fingerprint density at radius 2 is 1.26 bits per heavy atom. The number of nitrogens with zero attached hydrogens (tertiary/aromatic N) is 3. The molecule has 6 heteroatoms. The maximum absolute atomic E-state index is 6.53. The van der Waals surface area contributed by atoms with Crippen LogP contribution in [0.15, 0.2) is 180 Å². The molecule has 1 radical (unpaired) electrons. The number of benzene rings is 7. The van der Waals surface area contributed by atoms with Gasteiger partial charge in [0.25, 0.3) is 0 Å². The van der Waals surface area contributed by atoms with Crippen molar-refractivity contribution in [2.24, 2.45) is 0 Å². The smallest absolute Gasteiger partial charge is 0 e. The Morgan fingerprint density at radius 1 is 0.623 bits per heavy atom. The number of rotatable bonds is 6. The molecule has 0 saturated heterocycles. The quantitative estimate of drug-likeness (QED) is 0.123. The monoisotopic (exact) mass is 1030 g/mol. The molecular weight excluding hydrogens is 983 g/mol. The minimum absolute atomic E-state index is 0. The summed E-state index contributed by atoms with van der Waals surface area (Å²) in [4.78, 5) is 9.82. The van der Waals surface area contributed by atoms with E-state index in [2.05, 4.69) is 181 Å². The first kappa shape index (κ1) is 41.9. The molecule has 3 aromatic heterocycles. The summed E-state index contributed by atoms with van der Waals surface area (Å²) >= 11 is -1.72. The Kier molecular flexibility index (Phi) is 11.8. The fourth-order valence-corrected chi connectivity index (χ4v) is 9.98. The molecule has 0 amide bonds. The van der Waals surface area contributed by atoms with Gasteiger partial charge in [0.1, 0.15) is 5.58 Å². The first-order valence-corrected chi connectivity index (χ1v) is 27.9. The van der Waals surface area contributed by atoms with Gasteiger partial charge >= 0.3 is 99.8 Å². The van der Waals surface area contributed by atoms with Crippen LogP contribution in [0.3, 0.4) is 0 Å². The summed E-state index contributed by atoms with van der Waals surface area (Å²) in [5, 5.41) is 2.15. The van der Waals surface area contributed by atoms with Crippen molar-refractivity contribution in [2.45, 2.75) is 43.5 Å². The van der Waals surface area contributed by atoms with E-state index in [1.54, 1.807) is 0 Å². The molecule has 0 aliphatic carbocycles. The fourth-order valence-electron chi connectivity index (χ4n) is 7.81. The molecule has 0 atom stereocenters. The van der Waals surface area contributed by atoms with Crippen molar-refractivity contribution in [3.05, 3.63) is 194 Å². The second kappa shape index (κ2) is 17.3. The van der Waals surface area contributed by atoms with Gasteiger partial charge in [0, 0.05) is 36.6 Å². The molecule has 7 aromatic carbocycles. The minimum atomic E-state index is -1.72. The zero-order chi connectivity index (χ0) is 41.4. The normalized spacial score (nSPS) is 11.6. The molecule has 0 unspecified atom stereocenters. The first-order chi connectivity index (χ1) is 29.0. The Labute approximate surface area is 375 Å². The van der Waals surface area contributed by atoms with E-state index in [1.807, 2.05) is 54.7 Å². The number of pyridine rings is 1.